The molecule has 0 amide bonds. The summed E-state index contributed by atoms with van der Waals surface area (Å²) in [5.74, 6) is -0.155. The predicted octanol–water partition coefficient (Wildman–Crippen LogP) is 2.90. The molecular formula is C12H13FO. The summed E-state index contributed by atoms with van der Waals surface area (Å²) in [5, 5.41) is 0. The number of aryl methyl sites for hydroxylation is 1. The minimum atomic E-state index is -0.215. The Hall–Kier alpha value is -1.44. The first kappa shape index (κ1) is 10.6. The van der Waals surface area contributed by atoms with Crippen molar-refractivity contribution in [2.45, 2.75) is 19.8 Å². The molecule has 2 heteroatoms. The molecule has 0 aliphatic rings. The number of benzene rings is 1. The second-order valence-corrected chi connectivity index (χ2v) is 3.18. The fourth-order valence-electron chi connectivity index (χ4n) is 1.15. The molecule has 1 nitrogen and oxygen atoms in total. The fourth-order valence-corrected chi connectivity index (χ4v) is 1.15. The standard InChI is InChI=1S/C12H13FO/c1-10(14)4-2-3-5-11-6-8-12(13)9-7-11/h2,4,6-9H,3,5H2,1H3/b4-2+. The highest BCUT2D eigenvalue weighted by Gasteiger charge is 1.92. The molecule has 74 valence electrons. The van der Waals surface area contributed by atoms with Crippen LogP contribution in [0, 0.1) is 5.82 Å². The molecule has 0 fully saturated rings. The Balaban J connectivity index is 2.39. The third kappa shape index (κ3) is 3.99. The van der Waals surface area contributed by atoms with Gasteiger partial charge in [0.15, 0.2) is 5.78 Å². The van der Waals surface area contributed by atoms with Crippen molar-refractivity contribution >= 4 is 5.78 Å². The summed E-state index contributed by atoms with van der Waals surface area (Å²) in [6, 6.07) is 6.42. The molecule has 0 atom stereocenters. The highest BCUT2D eigenvalue weighted by Crippen LogP contribution is 2.05. The average Bonchev–Trinajstić information content (AvgIpc) is 2.15. The molecule has 0 aromatic heterocycles. The van der Waals surface area contributed by atoms with Crippen molar-refractivity contribution in [2.75, 3.05) is 0 Å². The number of allylic oxidation sites excluding steroid dienone is 2. The van der Waals surface area contributed by atoms with E-state index in [-0.39, 0.29) is 11.6 Å². The van der Waals surface area contributed by atoms with Gasteiger partial charge in [-0.3, -0.25) is 4.79 Å². The van der Waals surface area contributed by atoms with Gasteiger partial charge in [-0.05, 0) is 43.5 Å². The fraction of sp³-hybridized carbons (Fsp3) is 0.250. The lowest BCUT2D eigenvalue weighted by Gasteiger charge is -1.96. The molecule has 14 heavy (non-hydrogen) atoms. The predicted molar refractivity (Wildman–Crippen MR) is 54.5 cm³/mol. The summed E-state index contributed by atoms with van der Waals surface area (Å²) >= 11 is 0. The first-order valence-electron chi connectivity index (χ1n) is 4.60. The quantitative estimate of drug-likeness (QED) is 0.670. The van der Waals surface area contributed by atoms with Gasteiger partial charge >= 0.3 is 0 Å². The van der Waals surface area contributed by atoms with Crippen LogP contribution in [0.2, 0.25) is 0 Å². The molecule has 1 aromatic rings. The van der Waals surface area contributed by atoms with Crippen molar-refractivity contribution in [1.82, 2.24) is 0 Å². The van der Waals surface area contributed by atoms with E-state index in [4.69, 9.17) is 0 Å². The minimum absolute atomic E-state index is 0.0594. The van der Waals surface area contributed by atoms with E-state index in [9.17, 15) is 9.18 Å². The number of hydrogen-bond acceptors (Lipinski definition) is 1. The maximum atomic E-state index is 12.5. The summed E-state index contributed by atoms with van der Waals surface area (Å²) in [6.45, 7) is 1.52. The monoisotopic (exact) mass is 192 g/mol. The Kier molecular flexibility index (Phi) is 4.05. The molecule has 0 unspecified atom stereocenters. The van der Waals surface area contributed by atoms with E-state index in [1.807, 2.05) is 6.08 Å². The van der Waals surface area contributed by atoms with Gasteiger partial charge in [-0.25, -0.2) is 4.39 Å². The van der Waals surface area contributed by atoms with Crippen molar-refractivity contribution in [3.8, 4) is 0 Å². The van der Waals surface area contributed by atoms with Crippen LogP contribution in [0.3, 0.4) is 0 Å². The molecule has 0 radical (unpaired) electrons. The molecule has 0 spiro atoms. The summed E-state index contributed by atoms with van der Waals surface area (Å²) in [4.78, 5) is 10.6. The molecule has 0 aliphatic heterocycles. The summed E-state index contributed by atoms with van der Waals surface area (Å²) < 4.78 is 12.5. The van der Waals surface area contributed by atoms with Crippen molar-refractivity contribution in [2.24, 2.45) is 0 Å². The number of carbonyl (C=O) groups excluding carboxylic acids is 1. The zero-order chi connectivity index (χ0) is 10.4. The van der Waals surface area contributed by atoms with Gasteiger partial charge in [0.2, 0.25) is 0 Å². The van der Waals surface area contributed by atoms with Gasteiger partial charge in [-0.15, -0.1) is 0 Å². The van der Waals surface area contributed by atoms with Crippen LogP contribution in [-0.4, -0.2) is 5.78 Å². The maximum absolute atomic E-state index is 12.5. The van der Waals surface area contributed by atoms with Gasteiger partial charge in [-0.1, -0.05) is 18.2 Å². The zero-order valence-electron chi connectivity index (χ0n) is 8.16. The lowest BCUT2D eigenvalue weighted by atomic mass is 10.1. The lowest BCUT2D eigenvalue weighted by molar-refractivity contribution is -0.112. The van der Waals surface area contributed by atoms with E-state index in [1.54, 1.807) is 18.2 Å². The molecule has 1 aromatic carbocycles. The van der Waals surface area contributed by atoms with Crippen molar-refractivity contribution in [3.05, 3.63) is 47.8 Å². The SMILES string of the molecule is CC(=O)/C=C/CCc1ccc(F)cc1. The molecule has 0 aliphatic carbocycles. The summed E-state index contributed by atoms with van der Waals surface area (Å²) in [7, 11) is 0. The Morgan fingerprint density at radius 2 is 2.00 bits per heavy atom. The maximum Gasteiger partial charge on any atom is 0.152 e. The van der Waals surface area contributed by atoms with E-state index in [0.29, 0.717) is 0 Å². The van der Waals surface area contributed by atoms with Crippen molar-refractivity contribution in [1.29, 1.82) is 0 Å². The topological polar surface area (TPSA) is 17.1 Å². The molecule has 0 N–H and O–H groups in total. The van der Waals surface area contributed by atoms with Gasteiger partial charge in [0.05, 0.1) is 0 Å². The van der Waals surface area contributed by atoms with Gasteiger partial charge in [0, 0.05) is 0 Å². The van der Waals surface area contributed by atoms with E-state index >= 15 is 0 Å². The normalized spacial score (nSPS) is 10.7. The van der Waals surface area contributed by atoms with Crippen LogP contribution in [0.4, 0.5) is 4.39 Å². The van der Waals surface area contributed by atoms with E-state index in [2.05, 4.69) is 0 Å². The third-order valence-electron chi connectivity index (χ3n) is 1.87. The Bertz CT molecular complexity index is 325. The van der Waals surface area contributed by atoms with Crippen LogP contribution in [0.15, 0.2) is 36.4 Å². The van der Waals surface area contributed by atoms with Crippen molar-refractivity contribution < 1.29 is 9.18 Å². The first-order valence-corrected chi connectivity index (χ1v) is 4.60. The van der Waals surface area contributed by atoms with Crippen LogP contribution in [0.5, 0.6) is 0 Å². The molecule has 0 saturated heterocycles. The summed E-state index contributed by atoms with van der Waals surface area (Å²) in [5.41, 5.74) is 1.08. The van der Waals surface area contributed by atoms with Crippen LogP contribution in [-0.2, 0) is 11.2 Å². The largest absolute Gasteiger partial charge is 0.295 e. The molecule has 0 bridgehead atoms. The van der Waals surface area contributed by atoms with Gasteiger partial charge < -0.3 is 0 Å². The second-order valence-electron chi connectivity index (χ2n) is 3.18. The number of halogens is 1. The Morgan fingerprint density at radius 3 is 2.57 bits per heavy atom. The Morgan fingerprint density at radius 1 is 1.36 bits per heavy atom. The van der Waals surface area contributed by atoms with Crippen LogP contribution in [0.25, 0.3) is 0 Å². The number of hydrogen-bond donors (Lipinski definition) is 0. The van der Waals surface area contributed by atoms with Gasteiger partial charge in [0.1, 0.15) is 5.82 Å². The third-order valence-corrected chi connectivity index (χ3v) is 1.87. The highest BCUT2D eigenvalue weighted by atomic mass is 19.1. The van der Waals surface area contributed by atoms with E-state index in [1.165, 1.54) is 19.1 Å². The summed E-state index contributed by atoms with van der Waals surface area (Å²) in [6.07, 6.45) is 5.05. The second kappa shape index (κ2) is 5.32. The molecular weight excluding hydrogens is 179 g/mol. The average molecular weight is 192 g/mol. The van der Waals surface area contributed by atoms with Crippen LogP contribution >= 0.6 is 0 Å². The number of ketones is 1. The van der Waals surface area contributed by atoms with Crippen molar-refractivity contribution in [3.63, 3.8) is 0 Å². The number of rotatable bonds is 4. The first-order chi connectivity index (χ1) is 6.68. The van der Waals surface area contributed by atoms with Gasteiger partial charge in [0.25, 0.3) is 0 Å². The zero-order valence-corrected chi connectivity index (χ0v) is 8.16. The van der Waals surface area contributed by atoms with Crippen LogP contribution < -0.4 is 0 Å². The smallest absolute Gasteiger partial charge is 0.152 e. The highest BCUT2D eigenvalue weighted by molar-refractivity contribution is 5.87. The number of carbonyl (C=O) groups is 1. The Labute approximate surface area is 83.3 Å². The van der Waals surface area contributed by atoms with E-state index in [0.717, 1.165) is 18.4 Å². The van der Waals surface area contributed by atoms with Gasteiger partial charge in [-0.2, -0.15) is 0 Å². The molecule has 0 saturated carbocycles. The van der Waals surface area contributed by atoms with E-state index < -0.39 is 0 Å². The molecule has 1 rings (SSSR count). The van der Waals surface area contributed by atoms with Crippen LogP contribution in [0.1, 0.15) is 18.9 Å². The lowest BCUT2D eigenvalue weighted by Crippen LogP contribution is -1.85. The molecule has 0 heterocycles. The minimum Gasteiger partial charge on any atom is -0.295 e.